The number of pyridine rings is 1. The van der Waals surface area contributed by atoms with Crippen molar-refractivity contribution in [3.63, 3.8) is 0 Å². The van der Waals surface area contributed by atoms with Crippen LogP contribution in [-0.2, 0) is 10.3 Å². The van der Waals surface area contributed by atoms with Crippen LogP contribution >= 0.6 is 11.6 Å². The number of benzene rings is 1. The number of rotatable bonds is 6. The summed E-state index contributed by atoms with van der Waals surface area (Å²) in [5.74, 6) is 0. The SMILES string of the molecule is CCCCCC(O)/C=C/C1Nc2cc3cc(Cl)ccc3nc2C(C)(C)O1. The van der Waals surface area contributed by atoms with Crippen LogP contribution in [0.5, 0.6) is 0 Å². The number of ether oxygens (including phenoxy) is 1. The Morgan fingerprint density at radius 2 is 2.15 bits per heavy atom. The Hall–Kier alpha value is -1.62. The monoisotopic (exact) mass is 374 g/mol. The summed E-state index contributed by atoms with van der Waals surface area (Å²) in [6.45, 7) is 6.19. The van der Waals surface area contributed by atoms with Crippen LogP contribution in [0.2, 0.25) is 5.02 Å². The van der Waals surface area contributed by atoms with Crippen LogP contribution in [-0.4, -0.2) is 22.4 Å². The van der Waals surface area contributed by atoms with Gasteiger partial charge in [0.1, 0.15) is 11.8 Å². The average Bonchev–Trinajstić information content (AvgIpc) is 2.58. The lowest BCUT2D eigenvalue weighted by Crippen LogP contribution is -2.39. The number of fused-ring (bicyclic) bond motifs is 2. The van der Waals surface area contributed by atoms with Crippen molar-refractivity contribution in [3.8, 4) is 0 Å². The number of hydrogen-bond donors (Lipinski definition) is 2. The van der Waals surface area contributed by atoms with E-state index in [1.807, 2.05) is 44.2 Å². The zero-order valence-corrected chi connectivity index (χ0v) is 16.4. The Balaban J connectivity index is 1.80. The van der Waals surface area contributed by atoms with Gasteiger partial charge in [-0.15, -0.1) is 0 Å². The average molecular weight is 375 g/mol. The Kier molecular flexibility index (Phi) is 5.86. The molecular formula is C21H27ClN2O2. The Morgan fingerprint density at radius 3 is 2.92 bits per heavy atom. The number of aliphatic hydroxyl groups is 1. The van der Waals surface area contributed by atoms with Crippen molar-refractivity contribution in [3.05, 3.63) is 47.1 Å². The second-order valence-electron chi connectivity index (χ2n) is 7.36. The summed E-state index contributed by atoms with van der Waals surface area (Å²) < 4.78 is 6.15. The van der Waals surface area contributed by atoms with Gasteiger partial charge in [0.2, 0.25) is 0 Å². The van der Waals surface area contributed by atoms with E-state index in [2.05, 4.69) is 18.3 Å². The minimum Gasteiger partial charge on any atom is -0.389 e. The molecule has 0 radical (unpaired) electrons. The number of hydrogen-bond acceptors (Lipinski definition) is 4. The molecule has 0 amide bonds. The molecule has 1 aliphatic rings. The van der Waals surface area contributed by atoms with Crippen molar-refractivity contribution in [2.75, 3.05) is 5.32 Å². The molecule has 0 aliphatic carbocycles. The molecule has 26 heavy (non-hydrogen) atoms. The maximum absolute atomic E-state index is 10.1. The largest absolute Gasteiger partial charge is 0.389 e. The molecule has 0 saturated heterocycles. The first kappa shape index (κ1) is 19.2. The highest BCUT2D eigenvalue weighted by Crippen LogP contribution is 2.38. The Labute approximate surface area is 160 Å². The summed E-state index contributed by atoms with van der Waals surface area (Å²) in [5, 5.41) is 15.1. The lowest BCUT2D eigenvalue weighted by molar-refractivity contribution is -0.0545. The number of unbranched alkanes of at least 4 members (excludes halogenated alkanes) is 2. The molecule has 0 spiro atoms. The quantitative estimate of drug-likeness (QED) is 0.525. The van der Waals surface area contributed by atoms with Gasteiger partial charge in [0.25, 0.3) is 0 Å². The van der Waals surface area contributed by atoms with Crippen molar-refractivity contribution < 1.29 is 9.84 Å². The topological polar surface area (TPSA) is 54.4 Å². The molecule has 4 nitrogen and oxygen atoms in total. The Morgan fingerprint density at radius 1 is 1.35 bits per heavy atom. The highest BCUT2D eigenvalue weighted by Gasteiger charge is 2.34. The summed E-state index contributed by atoms with van der Waals surface area (Å²) in [6.07, 6.45) is 7.07. The van der Waals surface area contributed by atoms with Gasteiger partial charge in [0, 0.05) is 10.4 Å². The highest BCUT2D eigenvalue weighted by atomic mass is 35.5. The molecule has 0 bridgehead atoms. The van der Waals surface area contributed by atoms with E-state index in [1.165, 1.54) is 0 Å². The van der Waals surface area contributed by atoms with Gasteiger partial charge in [-0.05, 0) is 50.6 Å². The molecule has 2 heterocycles. The predicted octanol–water partition coefficient (Wildman–Crippen LogP) is 5.39. The molecule has 2 N–H and O–H groups in total. The number of nitrogens with zero attached hydrogens (tertiary/aromatic N) is 1. The van der Waals surface area contributed by atoms with E-state index in [-0.39, 0.29) is 6.23 Å². The van der Waals surface area contributed by atoms with Gasteiger partial charge in [0.05, 0.1) is 23.0 Å². The molecule has 5 heteroatoms. The fourth-order valence-electron chi connectivity index (χ4n) is 3.29. The lowest BCUT2D eigenvalue weighted by Gasteiger charge is -2.37. The van der Waals surface area contributed by atoms with E-state index in [9.17, 15) is 5.11 Å². The maximum Gasteiger partial charge on any atom is 0.148 e. The lowest BCUT2D eigenvalue weighted by atomic mass is 9.98. The van der Waals surface area contributed by atoms with Crippen molar-refractivity contribution >= 4 is 28.2 Å². The third kappa shape index (κ3) is 4.37. The van der Waals surface area contributed by atoms with Gasteiger partial charge < -0.3 is 15.2 Å². The standard InChI is InChI=1S/C21H27ClN2O2/c1-4-5-6-7-16(25)9-11-19-23-18-13-14-12-15(22)8-10-17(14)24-20(18)21(2,3)26-19/h8-13,16,19,23,25H,4-7H2,1-3H3/b11-9+. The van der Waals surface area contributed by atoms with Crippen molar-refractivity contribution in [1.29, 1.82) is 0 Å². The van der Waals surface area contributed by atoms with Crippen LogP contribution in [0.3, 0.4) is 0 Å². The molecule has 1 aromatic heterocycles. The van der Waals surface area contributed by atoms with Crippen LogP contribution in [0.15, 0.2) is 36.4 Å². The van der Waals surface area contributed by atoms with Crippen molar-refractivity contribution in [1.82, 2.24) is 4.98 Å². The van der Waals surface area contributed by atoms with Crippen LogP contribution in [0, 0.1) is 0 Å². The number of aliphatic hydroxyl groups excluding tert-OH is 1. The number of anilines is 1. The van der Waals surface area contributed by atoms with E-state index in [1.54, 1.807) is 0 Å². The fraction of sp³-hybridized carbons (Fsp3) is 0.476. The number of halogens is 1. The first-order valence-electron chi connectivity index (χ1n) is 9.30. The number of nitrogens with one attached hydrogen (secondary N) is 1. The summed E-state index contributed by atoms with van der Waals surface area (Å²) in [4.78, 5) is 4.77. The predicted molar refractivity (Wildman–Crippen MR) is 108 cm³/mol. The first-order valence-corrected chi connectivity index (χ1v) is 9.68. The number of aromatic nitrogens is 1. The first-order chi connectivity index (χ1) is 12.4. The molecule has 1 aliphatic heterocycles. The van der Waals surface area contributed by atoms with E-state index in [0.717, 1.165) is 48.0 Å². The molecule has 0 saturated carbocycles. The Bertz CT molecular complexity index is 804. The normalized spacial score (nSPS) is 20.1. The summed E-state index contributed by atoms with van der Waals surface area (Å²) in [6, 6.07) is 7.74. The zero-order chi connectivity index (χ0) is 18.7. The van der Waals surface area contributed by atoms with E-state index in [0.29, 0.717) is 5.02 Å². The summed E-state index contributed by atoms with van der Waals surface area (Å²) in [5.41, 5.74) is 2.18. The minimum atomic E-state index is -0.531. The van der Waals surface area contributed by atoms with Gasteiger partial charge in [-0.1, -0.05) is 43.9 Å². The second kappa shape index (κ2) is 7.95. The molecule has 2 aromatic rings. The summed E-state index contributed by atoms with van der Waals surface area (Å²) in [7, 11) is 0. The van der Waals surface area contributed by atoms with E-state index >= 15 is 0 Å². The molecule has 140 valence electrons. The van der Waals surface area contributed by atoms with Crippen LogP contribution < -0.4 is 5.32 Å². The molecule has 2 unspecified atom stereocenters. The van der Waals surface area contributed by atoms with Crippen LogP contribution in [0.25, 0.3) is 10.9 Å². The van der Waals surface area contributed by atoms with Gasteiger partial charge in [0.15, 0.2) is 0 Å². The molecule has 1 aromatic carbocycles. The smallest absolute Gasteiger partial charge is 0.148 e. The third-order valence-electron chi connectivity index (χ3n) is 4.68. The second-order valence-corrected chi connectivity index (χ2v) is 7.80. The zero-order valence-electron chi connectivity index (χ0n) is 15.6. The molecule has 3 rings (SSSR count). The van der Waals surface area contributed by atoms with Gasteiger partial charge >= 0.3 is 0 Å². The van der Waals surface area contributed by atoms with Crippen LogP contribution in [0.1, 0.15) is 52.1 Å². The van der Waals surface area contributed by atoms with Crippen molar-refractivity contribution in [2.24, 2.45) is 0 Å². The van der Waals surface area contributed by atoms with Gasteiger partial charge in [-0.3, -0.25) is 0 Å². The highest BCUT2D eigenvalue weighted by molar-refractivity contribution is 6.31. The van der Waals surface area contributed by atoms with E-state index in [4.69, 9.17) is 21.3 Å². The summed E-state index contributed by atoms with van der Waals surface area (Å²) >= 11 is 6.11. The fourth-order valence-corrected chi connectivity index (χ4v) is 3.47. The van der Waals surface area contributed by atoms with Crippen molar-refractivity contribution in [2.45, 2.75) is 64.4 Å². The molecule has 0 fully saturated rings. The van der Waals surface area contributed by atoms with Crippen LogP contribution in [0.4, 0.5) is 5.69 Å². The van der Waals surface area contributed by atoms with Gasteiger partial charge in [-0.25, -0.2) is 4.98 Å². The molecular weight excluding hydrogens is 348 g/mol. The third-order valence-corrected chi connectivity index (χ3v) is 4.91. The minimum absolute atomic E-state index is 0.309. The van der Waals surface area contributed by atoms with Gasteiger partial charge in [-0.2, -0.15) is 0 Å². The maximum atomic E-state index is 10.1. The van der Waals surface area contributed by atoms with E-state index < -0.39 is 11.7 Å². The molecule has 2 atom stereocenters.